The molecule has 0 aliphatic carbocycles. The first-order chi connectivity index (χ1) is 6.86. The minimum atomic E-state index is -0.190. The molecule has 0 bridgehead atoms. The number of nitriles is 1. The number of hydrogen-bond donors (Lipinski definition) is 0. The molecule has 0 saturated carbocycles. The Balaban J connectivity index is 3.38. The molecule has 1 aromatic rings. The van der Waals surface area contributed by atoms with Gasteiger partial charge in [0.2, 0.25) is 0 Å². The average Bonchev–Trinajstić information content (AvgIpc) is 2.11. The van der Waals surface area contributed by atoms with Gasteiger partial charge in [-0.15, -0.1) is 0 Å². The summed E-state index contributed by atoms with van der Waals surface area (Å²) in [5.41, 5.74) is 1.04. The zero-order valence-electron chi connectivity index (χ0n) is 9.53. The molecule has 0 atom stereocenters. The van der Waals surface area contributed by atoms with Gasteiger partial charge in [-0.25, -0.2) is 4.68 Å². The highest BCUT2D eigenvalue weighted by Gasteiger charge is 2.18. The second-order valence-electron chi connectivity index (χ2n) is 4.57. The van der Waals surface area contributed by atoms with Crippen LogP contribution in [0.15, 0.2) is 10.9 Å². The Labute approximate surface area is 89.2 Å². The summed E-state index contributed by atoms with van der Waals surface area (Å²) >= 11 is 0. The molecule has 0 saturated heterocycles. The standard InChI is InChI=1S/C11H15N3O/c1-11(2,3)9-7-8(5-6-12)10(15)14(4)13-9/h7H,5H2,1-4H3. The summed E-state index contributed by atoms with van der Waals surface area (Å²) < 4.78 is 1.30. The number of aryl methyl sites for hydroxylation is 1. The smallest absolute Gasteiger partial charge is 0.267 e. The van der Waals surface area contributed by atoms with Gasteiger partial charge >= 0.3 is 0 Å². The van der Waals surface area contributed by atoms with Crippen LogP contribution < -0.4 is 5.56 Å². The molecule has 4 nitrogen and oxygen atoms in total. The third kappa shape index (κ3) is 2.44. The Morgan fingerprint density at radius 3 is 2.60 bits per heavy atom. The van der Waals surface area contributed by atoms with Gasteiger partial charge < -0.3 is 0 Å². The van der Waals surface area contributed by atoms with Crippen LogP contribution in [0.5, 0.6) is 0 Å². The van der Waals surface area contributed by atoms with Crippen molar-refractivity contribution in [3.8, 4) is 6.07 Å². The summed E-state index contributed by atoms with van der Waals surface area (Å²) in [5.74, 6) is 0. The summed E-state index contributed by atoms with van der Waals surface area (Å²) in [6, 6.07) is 3.72. The highest BCUT2D eigenvalue weighted by atomic mass is 16.1. The predicted molar refractivity (Wildman–Crippen MR) is 57.5 cm³/mol. The predicted octanol–water partition coefficient (Wildman–Crippen LogP) is 1.14. The maximum absolute atomic E-state index is 11.6. The van der Waals surface area contributed by atoms with Gasteiger partial charge in [-0.2, -0.15) is 10.4 Å². The minimum Gasteiger partial charge on any atom is -0.267 e. The molecule has 0 aliphatic heterocycles. The Morgan fingerprint density at radius 2 is 2.13 bits per heavy atom. The van der Waals surface area contributed by atoms with Crippen molar-refractivity contribution >= 4 is 0 Å². The van der Waals surface area contributed by atoms with Crippen molar-refractivity contribution in [1.82, 2.24) is 9.78 Å². The van der Waals surface area contributed by atoms with Crippen molar-refractivity contribution in [2.45, 2.75) is 32.6 Å². The summed E-state index contributed by atoms with van der Waals surface area (Å²) in [6.45, 7) is 6.07. The first-order valence-corrected chi connectivity index (χ1v) is 4.81. The molecule has 0 aromatic carbocycles. The minimum absolute atomic E-state index is 0.115. The number of rotatable bonds is 1. The topological polar surface area (TPSA) is 58.7 Å². The highest BCUT2D eigenvalue weighted by Crippen LogP contribution is 2.19. The lowest BCUT2D eigenvalue weighted by atomic mass is 9.91. The van der Waals surface area contributed by atoms with Crippen LogP contribution in [-0.4, -0.2) is 9.78 Å². The van der Waals surface area contributed by atoms with Gasteiger partial charge in [0.15, 0.2) is 0 Å². The van der Waals surface area contributed by atoms with E-state index in [0.717, 1.165) is 5.69 Å². The van der Waals surface area contributed by atoms with Crippen molar-refractivity contribution in [1.29, 1.82) is 5.26 Å². The van der Waals surface area contributed by atoms with Crippen LogP contribution in [0.3, 0.4) is 0 Å². The molecule has 0 fully saturated rings. The summed E-state index contributed by atoms with van der Waals surface area (Å²) in [6.07, 6.45) is 0.137. The summed E-state index contributed by atoms with van der Waals surface area (Å²) in [4.78, 5) is 11.6. The van der Waals surface area contributed by atoms with Gasteiger partial charge in [-0.1, -0.05) is 20.8 Å². The van der Waals surface area contributed by atoms with Gasteiger partial charge in [0, 0.05) is 18.0 Å². The zero-order chi connectivity index (χ0) is 11.6. The Hall–Kier alpha value is -1.63. The molecule has 0 N–H and O–H groups in total. The second-order valence-corrected chi connectivity index (χ2v) is 4.57. The van der Waals surface area contributed by atoms with Crippen LogP contribution in [0, 0.1) is 11.3 Å². The quantitative estimate of drug-likeness (QED) is 0.690. The molecule has 15 heavy (non-hydrogen) atoms. The number of hydrogen-bond acceptors (Lipinski definition) is 3. The van der Waals surface area contributed by atoms with E-state index in [1.165, 1.54) is 4.68 Å². The molecule has 0 unspecified atom stereocenters. The molecule has 80 valence electrons. The van der Waals surface area contributed by atoms with Crippen LogP contribution in [0.4, 0.5) is 0 Å². The van der Waals surface area contributed by atoms with E-state index in [9.17, 15) is 4.79 Å². The van der Waals surface area contributed by atoms with E-state index in [1.807, 2.05) is 26.8 Å². The fourth-order valence-electron chi connectivity index (χ4n) is 1.25. The molecule has 0 aliphatic rings. The molecule has 0 radical (unpaired) electrons. The van der Waals surface area contributed by atoms with E-state index in [-0.39, 0.29) is 17.4 Å². The lowest BCUT2D eigenvalue weighted by Gasteiger charge is -2.18. The van der Waals surface area contributed by atoms with Crippen LogP contribution in [-0.2, 0) is 18.9 Å². The Kier molecular flexibility index (Phi) is 2.94. The summed E-state index contributed by atoms with van der Waals surface area (Å²) in [7, 11) is 1.61. The van der Waals surface area contributed by atoms with Crippen molar-refractivity contribution in [2.75, 3.05) is 0 Å². The molecular weight excluding hydrogens is 190 g/mol. The monoisotopic (exact) mass is 205 g/mol. The normalized spacial score (nSPS) is 11.1. The number of nitrogens with zero attached hydrogens (tertiary/aromatic N) is 3. The fraction of sp³-hybridized carbons (Fsp3) is 0.545. The molecule has 4 heteroatoms. The van der Waals surface area contributed by atoms with Gasteiger partial charge in [0.05, 0.1) is 18.2 Å². The maximum Gasteiger partial charge on any atom is 0.270 e. The second kappa shape index (κ2) is 3.85. The van der Waals surface area contributed by atoms with E-state index < -0.39 is 0 Å². The third-order valence-corrected chi connectivity index (χ3v) is 2.18. The van der Waals surface area contributed by atoms with Crippen molar-refractivity contribution in [3.63, 3.8) is 0 Å². The zero-order valence-corrected chi connectivity index (χ0v) is 9.53. The number of aromatic nitrogens is 2. The molecular formula is C11H15N3O. The molecule has 0 amide bonds. The SMILES string of the molecule is Cn1nc(C(C)(C)C)cc(CC#N)c1=O. The van der Waals surface area contributed by atoms with Crippen LogP contribution in [0.2, 0.25) is 0 Å². The van der Waals surface area contributed by atoms with Crippen molar-refractivity contribution in [2.24, 2.45) is 7.05 Å². The molecule has 0 spiro atoms. The third-order valence-electron chi connectivity index (χ3n) is 2.18. The van der Waals surface area contributed by atoms with E-state index in [2.05, 4.69) is 5.10 Å². The van der Waals surface area contributed by atoms with E-state index in [0.29, 0.717) is 5.56 Å². The van der Waals surface area contributed by atoms with E-state index in [1.54, 1.807) is 13.1 Å². The van der Waals surface area contributed by atoms with Crippen molar-refractivity contribution in [3.05, 3.63) is 27.7 Å². The Morgan fingerprint density at radius 1 is 1.53 bits per heavy atom. The van der Waals surface area contributed by atoms with Gasteiger partial charge in [0.1, 0.15) is 0 Å². The lowest BCUT2D eigenvalue weighted by molar-refractivity contribution is 0.528. The van der Waals surface area contributed by atoms with E-state index in [4.69, 9.17) is 5.26 Å². The average molecular weight is 205 g/mol. The van der Waals surface area contributed by atoms with Crippen LogP contribution in [0.1, 0.15) is 32.0 Å². The lowest BCUT2D eigenvalue weighted by Crippen LogP contribution is -2.28. The maximum atomic E-state index is 11.6. The van der Waals surface area contributed by atoms with Crippen LogP contribution >= 0.6 is 0 Å². The molecule has 1 rings (SSSR count). The largest absolute Gasteiger partial charge is 0.270 e. The first-order valence-electron chi connectivity index (χ1n) is 4.81. The van der Waals surface area contributed by atoms with Gasteiger partial charge in [-0.05, 0) is 6.07 Å². The fourth-order valence-corrected chi connectivity index (χ4v) is 1.25. The highest BCUT2D eigenvalue weighted by molar-refractivity contribution is 5.21. The van der Waals surface area contributed by atoms with Crippen molar-refractivity contribution < 1.29 is 0 Å². The van der Waals surface area contributed by atoms with Gasteiger partial charge in [0.25, 0.3) is 5.56 Å². The Bertz CT molecular complexity index is 460. The van der Waals surface area contributed by atoms with E-state index >= 15 is 0 Å². The summed E-state index contributed by atoms with van der Waals surface area (Å²) in [5, 5.41) is 12.8. The first kappa shape index (κ1) is 11.4. The molecule has 1 aromatic heterocycles. The molecule has 1 heterocycles. The van der Waals surface area contributed by atoms with Crippen LogP contribution in [0.25, 0.3) is 0 Å². The van der Waals surface area contributed by atoms with Gasteiger partial charge in [-0.3, -0.25) is 4.79 Å².